The van der Waals surface area contributed by atoms with Crippen LogP contribution in [0.25, 0.3) is 0 Å². The average molecular weight is 151 g/mol. The van der Waals surface area contributed by atoms with E-state index in [-0.39, 0.29) is 0 Å². The van der Waals surface area contributed by atoms with Gasteiger partial charge >= 0.3 is 6.03 Å². The molecule has 0 aliphatic rings. The Bertz CT molecular complexity index is 272. The van der Waals surface area contributed by atoms with Crippen molar-refractivity contribution in [3.8, 4) is 0 Å². The van der Waals surface area contributed by atoms with E-state index in [2.05, 4.69) is 10.3 Å². The summed E-state index contributed by atoms with van der Waals surface area (Å²) in [7, 11) is 0. The number of nitrogens with one attached hydrogen (secondary N) is 1. The normalized spacial score (nSPS) is 9.18. The van der Waals surface area contributed by atoms with Crippen molar-refractivity contribution in [3.63, 3.8) is 0 Å². The van der Waals surface area contributed by atoms with Crippen LogP contribution in [0.3, 0.4) is 0 Å². The fourth-order valence-corrected chi connectivity index (χ4v) is 0.731. The van der Waals surface area contributed by atoms with E-state index in [0.717, 1.165) is 5.56 Å². The molecule has 0 saturated heterocycles. The SMILES string of the molecule is Cc1ccnc(NC(N)=O)c1. The summed E-state index contributed by atoms with van der Waals surface area (Å²) in [5.41, 5.74) is 5.92. The van der Waals surface area contributed by atoms with Gasteiger partial charge in [-0.1, -0.05) is 0 Å². The molecule has 0 bridgehead atoms. The minimum atomic E-state index is -0.594. The molecule has 1 aromatic rings. The smallest absolute Gasteiger partial charge is 0.317 e. The molecule has 1 heterocycles. The molecule has 0 saturated carbocycles. The molecule has 0 aliphatic heterocycles. The Morgan fingerprint density at radius 3 is 3.00 bits per heavy atom. The number of primary amides is 1. The quantitative estimate of drug-likeness (QED) is 0.625. The third kappa shape index (κ3) is 2.25. The molecule has 1 rings (SSSR count). The monoisotopic (exact) mass is 151 g/mol. The second-order valence-electron chi connectivity index (χ2n) is 2.21. The van der Waals surface area contributed by atoms with Crippen molar-refractivity contribution in [2.24, 2.45) is 5.73 Å². The van der Waals surface area contributed by atoms with E-state index < -0.39 is 6.03 Å². The van der Waals surface area contributed by atoms with Crippen LogP contribution in [0.15, 0.2) is 18.3 Å². The first-order chi connectivity index (χ1) is 5.18. The zero-order valence-electron chi connectivity index (χ0n) is 6.16. The van der Waals surface area contributed by atoms with E-state index in [9.17, 15) is 4.79 Å². The zero-order chi connectivity index (χ0) is 8.27. The summed E-state index contributed by atoms with van der Waals surface area (Å²) in [5.74, 6) is 0.484. The van der Waals surface area contributed by atoms with E-state index in [0.29, 0.717) is 5.82 Å². The summed E-state index contributed by atoms with van der Waals surface area (Å²) >= 11 is 0. The van der Waals surface area contributed by atoms with Crippen molar-refractivity contribution < 1.29 is 4.79 Å². The molecule has 0 aromatic carbocycles. The van der Waals surface area contributed by atoms with E-state index in [1.54, 1.807) is 12.3 Å². The Morgan fingerprint density at radius 1 is 1.73 bits per heavy atom. The number of nitrogens with two attached hydrogens (primary N) is 1. The van der Waals surface area contributed by atoms with Gasteiger partial charge in [-0.2, -0.15) is 0 Å². The summed E-state index contributed by atoms with van der Waals surface area (Å²) in [4.78, 5) is 14.2. The fourth-order valence-electron chi connectivity index (χ4n) is 0.731. The maximum atomic E-state index is 10.4. The third-order valence-corrected chi connectivity index (χ3v) is 1.17. The van der Waals surface area contributed by atoms with Gasteiger partial charge in [0.15, 0.2) is 0 Å². The number of anilines is 1. The van der Waals surface area contributed by atoms with Crippen molar-refractivity contribution in [3.05, 3.63) is 23.9 Å². The van der Waals surface area contributed by atoms with E-state index in [4.69, 9.17) is 5.73 Å². The molecule has 3 N–H and O–H groups in total. The standard InChI is InChI=1S/C7H9N3O/c1-5-2-3-9-6(4-5)10-7(8)11/h2-4H,1H3,(H3,8,9,10,11). The molecule has 0 fully saturated rings. The number of pyridine rings is 1. The van der Waals surface area contributed by atoms with Gasteiger partial charge in [-0.25, -0.2) is 9.78 Å². The summed E-state index contributed by atoms with van der Waals surface area (Å²) in [5, 5.41) is 2.37. The molecule has 0 aliphatic carbocycles. The van der Waals surface area contributed by atoms with Gasteiger partial charge in [0.25, 0.3) is 0 Å². The molecule has 0 spiro atoms. The maximum absolute atomic E-state index is 10.4. The summed E-state index contributed by atoms with van der Waals surface area (Å²) in [6.07, 6.45) is 1.61. The lowest BCUT2D eigenvalue weighted by Crippen LogP contribution is -2.19. The first-order valence-corrected chi connectivity index (χ1v) is 3.17. The zero-order valence-corrected chi connectivity index (χ0v) is 6.16. The van der Waals surface area contributed by atoms with Gasteiger partial charge in [0.2, 0.25) is 0 Å². The van der Waals surface area contributed by atoms with Gasteiger partial charge in [-0.15, -0.1) is 0 Å². The number of urea groups is 1. The van der Waals surface area contributed by atoms with Gasteiger partial charge in [0.05, 0.1) is 0 Å². The molecule has 11 heavy (non-hydrogen) atoms. The number of hydrogen-bond donors (Lipinski definition) is 2. The summed E-state index contributed by atoms with van der Waals surface area (Å²) in [6, 6.07) is 2.99. The Balaban J connectivity index is 2.79. The minimum absolute atomic E-state index is 0.484. The summed E-state index contributed by atoms with van der Waals surface area (Å²) < 4.78 is 0. The molecule has 58 valence electrons. The van der Waals surface area contributed by atoms with Gasteiger partial charge in [-0.3, -0.25) is 5.32 Å². The molecule has 4 heteroatoms. The lowest BCUT2D eigenvalue weighted by atomic mass is 10.3. The predicted octanol–water partition coefficient (Wildman–Crippen LogP) is 0.881. The van der Waals surface area contributed by atoms with Gasteiger partial charge in [-0.05, 0) is 24.6 Å². The van der Waals surface area contributed by atoms with Gasteiger partial charge in [0, 0.05) is 6.20 Å². The lowest BCUT2D eigenvalue weighted by Gasteiger charge is -1.99. The van der Waals surface area contributed by atoms with Crippen molar-refractivity contribution in [2.45, 2.75) is 6.92 Å². The van der Waals surface area contributed by atoms with Crippen LogP contribution in [0.5, 0.6) is 0 Å². The molecular formula is C7H9N3O. The highest BCUT2D eigenvalue weighted by Gasteiger charge is 1.95. The molecule has 0 unspecified atom stereocenters. The van der Waals surface area contributed by atoms with E-state index >= 15 is 0 Å². The highest BCUT2D eigenvalue weighted by Crippen LogP contribution is 2.03. The van der Waals surface area contributed by atoms with Crippen molar-refractivity contribution in [1.82, 2.24) is 4.98 Å². The van der Waals surface area contributed by atoms with Crippen LogP contribution >= 0.6 is 0 Å². The molecular weight excluding hydrogens is 142 g/mol. The first-order valence-electron chi connectivity index (χ1n) is 3.17. The first kappa shape index (κ1) is 7.53. The number of hydrogen-bond acceptors (Lipinski definition) is 2. The fraction of sp³-hybridized carbons (Fsp3) is 0.143. The number of aromatic nitrogens is 1. The van der Waals surface area contributed by atoms with Crippen LogP contribution in [0.2, 0.25) is 0 Å². The predicted molar refractivity (Wildman–Crippen MR) is 42.2 cm³/mol. The number of aryl methyl sites for hydroxylation is 1. The largest absolute Gasteiger partial charge is 0.351 e. The highest BCUT2D eigenvalue weighted by atomic mass is 16.2. The molecule has 1 aromatic heterocycles. The van der Waals surface area contributed by atoms with Crippen molar-refractivity contribution >= 4 is 11.8 Å². The van der Waals surface area contributed by atoms with Crippen LogP contribution in [0.1, 0.15) is 5.56 Å². The number of amides is 2. The van der Waals surface area contributed by atoms with Crippen LogP contribution < -0.4 is 11.1 Å². The summed E-state index contributed by atoms with van der Waals surface area (Å²) in [6.45, 7) is 1.91. The molecule has 0 atom stereocenters. The van der Waals surface area contributed by atoms with Gasteiger partial charge < -0.3 is 5.73 Å². The lowest BCUT2D eigenvalue weighted by molar-refractivity contribution is 0.259. The van der Waals surface area contributed by atoms with Crippen LogP contribution in [0, 0.1) is 6.92 Å². The van der Waals surface area contributed by atoms with Crippen LogP contribution in [0.4, 0.5) is 10.6 Å². The second-order valence-corrected chi connectivity index (χ2v) is 2.21. The highest BCUT2D eigenvalue weighted by molar-refractivity contribution is 5.86. The maximum Gasteiger partial charge on any atom is 0.317 e. The second kappa shape index (κ2) is 3.01. The van der Waals surface area contributed by atoms with Crippen molar-refractivity contribution in [1.29, 1.82) is 0 Å². The Labute approximate surface area is 64.4 Å². The molecule has 0 radical (unpaired) electrons. The Kier molecular flexibility index (Phi) is 2.06. The Hall–Kier alpha value is -1.58. The number of rotatable bonds is 1. The third-order valence-electron chi connectivity index (χ3n) is 1.17. The molecule has 2 amide bonds. The van der Waals surface area contributed by atoms with E-state index in [1.807, 2.05) is 13.0 Å². The minimum Gasteiger partial charge on any atom is -0.351 e. The number of carbonyl (C=O) groups excluding carboxylic acids is 1. The topological polar surface area (TPSA) is 68.0 Å². The van der Waals surface area contributed by atoms with Crippen LogP contribution in [-0.4, -0.2) is 11.0 Å². The van der Waals surface area contributed by atoms with Crippen molar-refractivity contribution in [2.75, 3.05) is 5.32 Å². The van der Waals surface area contributed by atoms with Gasteiger partial charge in [0.1, 0.15) is 5.82 Å². The number of carbonyl (C=O) groups is 1. The Morgan fingerprint density at radius 2 is 2.45 bits per heavy atom. The average Bonchev–Trinajstić information content (AvgIpc) is 1.85. The molecule has 4 nitrogen and oxygen atoms in total. The number of nitrogens with zero attached hydrogens (tertiary/aromatic N) is 1. The van der Waals surface area contributed by atoms with Crippen LogP contribution in [-0.2, 0) is 0 Å². The van der Waals surface area contributed by atoms with E-state index in [1.165, 1.54) is 0 Å².